The van der Waals surface area contributed by atoms with Gasteiger partial charge in [-0.2, -0.15) is 0 Å². The van der Waals surface area contributed by atoms with Gasteiger partial charge in [0.15, 0.2) is 0 Å². The summed E-state index contributed by atoms with van der Waals surface area (Å²) < 4.78 is 5.54. The zero-order valence-corrected chi connectivity index (χ0v) is 13.9. The van der Waals surface area contributed by atoms with Crippen LogP contribution in [0.2, 0.25) is 0 Å². The number of aromatic nitrogens is 1. The van der Waals surface area contributed by atoms with E-state index in [2.05, 4.69) is 17.2 Å². The van der Waals surface area contributed by atoms with Crippen molar-refractivity contribution in [2.45, 2.75) is 20.3 Å². The van der Waals surface area contributed by atoms with Crippen LogP contribution in [0.25, 0.3) is 10.9 Å². The molecule has 0 bridgehead atoms. The van der Waals surface area contributed by atoms with Gasteiger partial charge in [-0.1, -0.05) is 13.0 Å². The minimum Gasteiger partial charge on any atom is -0.494 e. The van der Waals surface area contributed by atoms with Gasteiger partial charge < -0.3 is 10.1 Å². The van der Waals surface area contributed by atoms with Gasteiger partial charge in [0, 0.05) is 17.1 Å². The van der Waals surface area contributed by atoms with E-state index in [-0.39, 0.29) is 5.91 Å². The van der Waals surface area contributed by atoms with E-state index in [4.69, 9.17) is 4.74 Å². The maximum Gasteiger partial charge on any atom is 0.255 e. The van der Waals surface area contributed by atoms with Crippen molar-refractivity contribution >= 4 is 22.5 Å². The van der Waals surface area contributed by atoms with Crippen molar-refractivity contribution in [3.05, 3.63) is 65.9 Å². The summed E-state index contributed by atoms with van der Waals surface area (Å²) in [6.45, 7) is 4.74. The molecular formula is C20H20N2O2. The van der Waals surface area contributed by atoms with Crippen LogP contribution in [0.5, 0.6) is 5.75 Å². The van der Waals surface area contributed by atoms with E-state index in [9.17, 15) is 4.79 Å². The molecule has 122 valence electrons. The molecule has 3 rings (SSSR count). The molecule has 1 heterocycles. The van der Waals surface area contributed by atoms with Crippen molar-refractivity contribution < 1.29 is 9.53 Å². The Morgan fingerprint density at radius 2 is 1.92 bits per heavy atom. The normalized spacial score (nSPS) is 10.6. The SMILES string of the molecule is CCCOc1ccc(C(=O)Nc2ccc(C)c3ncccc23)cc1. The highest BCUT2D eigenvalue weighted by atomic mass is 16.5. The van der Waals surface area contributed by atoms with Gasteiger partial charge in [-0.3, -0.25) is 9.78 Å². The molecule has 2 aromatic carbocycles. The lowest BCUT2D eigenvalue weighted by Crippen LogP contribution is -2.12. The van der Waals surface area contributed by atoms with E-state index in [0.717, 1.165) is 34.3 Å². The summed E-state index contributed by atoms with van der Waals surface area (Å²) in [6, 6.07) is 14.9. The number of pyridine rings is 1. The summed E-state index contributed by atoms with van der Waals surface area (Å²) in [5.74, 6) is 0.629. The Labute approximate surface area is 141 Å². The molecule has 0 unspecified atom stereocenters. The quantitative estimate of drug-likeness (QED) is 0.748. The molecule has 24 heavy (non-hydrogen) atoms. The molecule has 0 aliphatic heterocycles. The van der Waals surface area contributed by atoms with Crippen molar-refractivity contribution in [3.8, 4) is 5.75 Å². The topological polar surface area (TPSA) is 51.2 Å². The third kappa shape index (κ3) is 3.38. The lowest BCUT2D eigenvalue weighted by atomic mass is 10.1. The van der Waals surface area contributed by atoms with Crippen molar-refractivity contribution in [3.63, 3.8) is 0 Å². The third-order valence-electron chi connectivity index (χ3n) is 3.81. The number of carbonyl (C=O) groups is 1. The first-order chi connectivity index (χ1) is 11.7. The predicted molar refractivity (Wildman–Crippen MR) is 96.7 cm³/mol. The second kappa shape index (κ2) is 7.13. The number of anilines is 1. The summed E-state index contributed by atoms with van der Waals surface area (Å²) in [5.41, 5.74) is 3.34. The predicted octanol–water partition coefficient (Wildman–Crippen LogP) is 4.58. The van der Waals surface area contributed by atoms with Gasteiger partial charge in [-0.25, -0.2) is 0 Å². The first kappa shape index (κ1) is 16.0. The van der Waals surface area contributed by atoms with E-state index in [0.29, 0.717) is 12.2 Å². The van der Waals surface area contributed by atoms with E-state index in [1.54, 1.807) is 18.3 Å². The first-order valence-electron chi connectivity index (χ1n) is 8.07. The fraction of sp³-hybridized carbons (Fsp3) is 0.200. The number of carbonyl (C=O) groups excluding carboxylic acids is 1. The van der Waals surface area contributed by atoms with Crippen molar-refractivity contribution in [2.75, 3.05) is 11.9 Å². The molecule has 1 aromatic heterocycles. The number of hydrogen-bond acceptors (Lipinski definition) is 3. The lowest BCUT2D eigenvalue weighted by Gasteiger charge is -2.10. The largest absolute Gasteiger partial charge is 0.494 e. The molecule has 4 nitrogen and oxygen atoms in total. The Morgan fingerprint density at radius 3 is 2.67 bits per heavy atom. The number of amides is 1. The van der Waals surface area contributed by atoms with Gasteiger partial charge in [0.05, 0.1) is 17.8 Å². The average Bonchev–Trinajstić information content (AvgIpc) is 2.63. The van der Waals surface area contributed by atoms with Gasteiger partial charge >= 0.3 is 0 Å². The molecule has 0 spiro atoms. The molecule has 1 amide bonds. The first-order valence-corrected chi connectivity index (χ1v) is 8.07. The Morgan fingerprint density at radius 1 is 1.12 bits per heavy atom. The van der Waals surface area contributed by atoms with Crippen LogP contribution in [-0.2, 0) is 0 Å². The van der Waals surface area contributed by atoms with Crippen LogP contribution in [-0.4, -0.2) is 17.5 Å². The van der Waals surface area contributed by atoms with E-state index >= 15 is 0 Å². The highest BCUT2D eigenvalue weighted by Gasteiger charge is 2.10. The van der Waals surface area contributed by atoms with Crippen molar-refractivity contribution in [1.82, 2.24) is 4.98 Å². The third-order valence-corrected chi connectivity index (χ3v) is 3.81. The van der Waals surface area contributed by atoms with E-state index in [1.165, 1.54) is 0 Å². The van der Waals surface area contributed by atoms with Gasteiger partial charge in [0.2, 0.25) is 0 Å². The smallest absolute Gasteiger partial charge is 0.255 e. The second-order valence-electron chi connectivity index (χ2n) is 5.66. The molecule has 0 aliphatic carbocycles. The molecule has 0 fully saturated rings. The number of benzene rings is 2. The summed E-state index contributed by atoms with van der Waals surface area (Å²) in [5, 5.41) is 3.91. The fourth-order valence-corrected chi connectivity index (χ4v) is 2.54. The number of aryl methyl sites for hydroxylation is 1. The maximum absolute atomic E-state index is 12.5. The summed E-state index contributed by atoms with van der Waals surface area (Å²) in [7, 11) is 0. The Kier molecular flexibility index (Phi) is 4.75. The number of nitrogens with one attached hydrogen (secondary N) is 1. The number of hydrogen-bond donors (Lipinski definition) is 1. The van der Waals surface area contributed by atoms with Gasteiger partial charge in [-0.15, -0.1) is 0 Å². The van der Waals surface area contributed by atoms with E-state index < -0.39 is 0 Å². The minimum atomic E-state index is -0.147. The van der Waals surface area contributed by atoms with Crippen LogP contribution in [0.3, 0.4) is 0 Å². The molecule has 1 N–H and O–H groups in total. The van der Waals surface area contributed by atoms with Crippen LogP contribution < -0.4 is 10.1 Å². The second-order valence-corrected chi connectivity index (χ2v) is 5.66. The molecule has 0 saturated heterocycles. The zero-order valence-electron chi connectivity index (χ0n) is 13.9. The van der Waals surface area contributed by atoms with Gasteiger partial charge in [0.1, 0.15) is 5.75 Å². The Hall–Kier alpha value is -2.88. The van der Waals surface area contributed by atoms with Crippen molar-refractivity contribution in [2.24, 2.45) is 0 Å². The average molecular weight is 320 g/mol. The van der Waals surface area contributed by atoms with E-state index in [1.807, 2.05) is 43.3 Å². The van der Waals surface area contributed by atoms with Crippen LogP contribution in [0, 0.1) is 6.92 Å². The van der Waals surface area contributed by atoms with Crippen LogP contribution >= 0.6 is 0 Å². The fourth-order valence-electron chi connectivity index (χ4n) is 2.54. The Balaban J connectivity index is 1.81. The summed E-state index contributed by atoms with van der Waals surface area (Å²) in [4.78, 5) is 16.9. The maximum atomic E-state index is 12.5. The number of fused-ring (bicyclic) bond motifs is 1. The molecule has 4 heteroatoms. The van der Waals surface area contributed by atoms with Crippen molar-refractivity contribution in [1.29, 1.82) is 0 Å². The van der Waals surface area contributed by atoms with Crippen LogP contribution in [0.4, 0.5) is 5.69 Å². The molecule has 0 radical (unpaired) electrons. The van der Waals surface area contributed by atoms with Gasteiger partial charge in [0.25, 0.3) is 5.91 Å². The summed E-state index contributed by atoms with van der Waals surface area (Å²) in [6.07, 6.45) is 2.72. The summed E-state index contributed by atoms with van der Waals surface area (Å²) >= 11 is 0. The number of ether oxygens (including phenoxy) is 1. The molecule has 3 aromatic rings. The lowest BCUT2D eigenvalue weighted by molar-refractivity contribution is 0.102. The number of nitrogens with zero attached hydrogens (tertiary/aromatic N) is 1. The van der Waals surface area contributed by atoms with Crippen LogP contribution in [0.15, 0.2) is 54.7 Å². The highest BCUT2D eigenvalue weighted by molar-refractivity contribution is 6.09. The minimum absolute atomic E-state index is 0.147. The Bertz CT molecular complexity index is 857. The van der Waals surface area contributed by atoms with Crippen LogP contribution in [0.1, 0.15) is 29.3 Å². The molecule has 0 atom stereocenters. The molecule has 0 aliphatic rings. The number of rotatable bonds is 5. The molecule has 0 saturated carbocycles. The monoisotopic (exact) mass is 320 g/mol. The standard InChI is InChI=1S/C20H20N2O2/c1-3-13-24-16-9-7-15(8-10-16)20(23)22-18-11-6-14(2)19-17(18)5-4-12-21-19/h4-12H,3,13H2,1-2H3,(H,22,23). The zero-order chi connectivity index (χ0) is 16.9. The van der Waals surface area contributed by atoms with Gasteiger partial charge in [-0.05, 0) is 61.4 Å². The molecular weight excluding hydrogens is 300 g/mol. The highest BCUT2D eigenvalue weighted by Crippen LogP contribution is 2.25.